The minimum absolute atomic E-state index is 0.182. The summed E-state index contributed by atoms with van der Waals surface area (Å²) in [4.78, 5) is 0. The third kappa shape index (κ3) is 2.58. The van der Waals surface area contributed by atoms with Crippen LogP contribution in [0, 0.1) is 11.8 Å². The largest absolute Gasteiger partial charge is 0.392 e. The highest BCUT2D eigenvalue weighted by molar-refractivity contribution is 4.68. The van der Waals surface area contributed by atoms with E-state index >= 15 is 0 Å². The Kier molecular flexibility index (Phi) is 3.19. The lowest BCUT2D eigenvalue weighted by Crippen LogP contribution is -2.26. The van der Waals surface area contributed by atoms with Crippen LogP contribution in [0.2, 0.25) is 0 Å². The van der Waals surface area contributed by atoms with Gasteiger partial charge in [0.2, 0.25) is 0 Å². The van der Waals surface area contributed by atoms with Gasteiger partial charge >= 0.3 is 6.18 Å². The molecule has 0 unspecified atom stereocenters. The number of halogens is 3. The van der Waals surface area contributed by atoms with Gasteiger partial charge < -0.3 is 0 Å². The van der Waals surface area contributed by atoms with E-state index in [1.165, 1.54) is 0 Å². The van der Waals surface area contributed by atoms with Gasteiger partial charge in [0, 0.05) is 0 Å². The van der Waals surface area contributed by atoms with Crippen LogP contribution in [0.5, 0.6) is 0 Å². The molecular weight excluding hydrogens is 141 g/mol. The molecule has 0 aromatic rings. The van der Waals surface area contributed by atoms with Gasteiger partial charge in [-0.3, -0.25) is 0 Å². The van der Waals surface area contributed by atoms with Crippen molar-refractivity contribution in [1.29, 1.82) is 0 Å². The monoisotopic (exact) mass is 154 g/mol. The van der Waals surface area contributed by atoms with Crippen molar-refractivity contribution in [2.24, 2.45) is 11.8 Å². The summed E-state index contributed by atoms with van der Waals surface area (Å²) < 4.78 is 35.9. The van der Waals surface area contributed by atoms with Gasteiger partial charge in [-0.1, -0.05) is 20.8 Å². The zero-order chi connectivity index (χ0) is 8.36. The van der Waals surface area contributed by atoms with Crippen LogP contribution in [0.1, 0.15) is 27.2 Å². The Balaban J connectivity index is 4.07. The third-order valence-electron chi connectivity index (χ3n) is 1.67. The zero-order valence-corrected chi connectivity index (χ0v) is 6.50. The van der Waals surface area contributed by atoms with Crippen molar-refractivity contribution in [2.75, 3.05) is 0 Å². The Morgan fingerprint density at radius 1 is 1.20 bits per heavy atom. The summed E-state index contributed by atoms with van der Waals surface area (Å²) in [6.07, 6.45) is -3.83. The van der Waals surface area contributed by atoms with E-state index in [0.29, 0.717) is 0 Å². The molecular formula is C7H13F3. The highest BCUT2D eigenvalue weighted by atomic mass is 19.4. The van der Waals surface area contributed by atoms with Crippen LogP contribution in [0.3, 0.4) is 0 Å². The van der Waals surface area contributed by atoms with E-state index in [4.69, 9.17) is 0 Å². The molecule has 0 amide bonds. The molecule has 10 heavy (non-hydrogen) atoms. The normalized spacial score (nSPS) is 15.9. The molecule has 1 atom stereocenters. The average molecular weight is 154 g/mol. The minimum Gasteiger partial charge on any atom is -0.171 e. The average Bonchev–Trinajstić information content (AvgIpc) is 1.60. The summed E-state index contributed by atoms with van der Waals surface area (Å²) in [6, 6.07) is 0. The molecule has 0 bridgehead atoms. The molecule has 0 aromatic heterocycles. The van der Waals surface area contributed by atoms with Crippen LogP contribution in [-0.2, 0) is 0 Å². The van der Waals surface area contributed by atoms with Gasteiger partial charge in [0.05, 0.1) is 5.92 Å². The van der Waals surface area contributed by atoms with E-state index in [2.05, 4.69) is 0 Å². The van der Waals surface area contributed by atoms with Crippen LogP contribution in [0.25, 0.3) is 0 Å². The zero-order valence-electron chi connectivity index (χ0n) is 6.50. The van der Waals surface area contributed by atoms with Gasteiger partial charge in [-0.25, -0.2) is 0 Å². The number of hydrogen-bond acceptors (Lipinski definition) is 0. The van der Waals surface area contributed by atoms with E-state index < -0.39 is 12.1 Å². The molecule has 0 heterocycles. The topological polar surface area (TPSA) is 0 Å². The summed E-state index contributed by atoms with van der Waals surface area (Å²) in [5.74, 6) is -1.43. The Morgan fingerprint density at radius 2 is 1.60 bits per heavy atom. The molecule has 0 nitrogen and oxygen atoms in total. The van der Waals surface area contributed by atoms with Gasteiger partial charge in [-0.15, -0.1) is 0 Å². The lowest BCUT2D eigenvalue weighted by molar-refractivity contribution is -0.186. The van der Waals surface area contributed by atoms with E-state index in [1.54, 1.807) is 20.8 Å². The SMILES string of the molecule is CC[C@@H](C(C)C)C(F)(F)F. The maximum Gasteiger partial charge on any atom is 0.392 e. The van der Waals surface area contributed by atoms with Crippen molar-refractivity contribution in [1.82, 2.24) is 0 Å². The minimum atomic E-state index is -4.01. The fourth-order valence-corrected chi connectivity index (χ4v) is 1.08. The first-order valence-electron chi connectivity index (χ1n) is 3.46. The second-order valence-corrected chi connectivity index (χ2v) is 2.80. The molecule has 0 aliphatic carbocycles. The second-order valence-electron chi connectivity index (χ2n) is 2.80. The van der Waals surface area contributed by atoms with Gasteiger partial charge in [0.15, 0.2) is 0 Å². The molecule has 62 valence electrons. The molecule has 3 heteroatoms. The molecule has 0 saturated heterocycles. The highest BCUT2D eigenvalue weighted by Gasteiger charge is 2.39. The molecule has 0 fully saturated rings. The Hall–Kier alpha value is -0.210. The molecule has 0 spiro atoms. The third-order valence-corrected chi connectivity index (χ3v) is 1.67. The first-order chi connectivity index (χ1) is 4.39. The molecule has 0 aliphatic rings. The Labute approximate surface area is 59.4 Å². The van der Waals surface area contributed by atoms with Crippen LogP contribution >= 0.6 is 0 Å². The van der Waals surface area contributed by atoms with Crippen LogP contribution in [-0.4, -0.2) is 6.18 Å². The highest BCUT2D eigenvalue weighted by Crippen LogP contribution is 2.33. The van der Waals surface area contributed by atoms with E-state index in [9.17, 15) is 13.2 Å². The van der Waals surface area contributed by atoms with Crippen molar-refractivity contribution in [3.63, 3.8) is 0 Å². The summed E-state index contributed by atoms with van der Waals surface area (Å²) in [7, 11) is 0. The van der Waals surface area contributed by atoms with Gasteiger partial charge in [0.25, 0.3) is 0 Å². The maximum absolute atomic E-state index is 12.0. The van der Waals surface area contributed by atoms with Crippen molar-refractivity contribution in [3.8, 4) is 0 Å². The summed E-state index contributed by atoms with van der Waals surface area (Å²) in [5, 5.41) is 0. The first kappa shape index (κ1) is 9.79. The van der Waals surface area contributed by atoms with Crippen molar-refractivity contribution < 1.29 is 13.2 Å². The predicted octanol–water partition coefficient (Wildman–Crippen LogP) is 3.23. The van der Waals surface area contributed by atoms with Gasteiger partial charge in [-0.05, 0) is 12.3 Å². The van der Waals surface area contributed by atoms with Crippen LogP contribution in [0.4, 0.5) is 13.2 Å². The quantitative estimate of drug-likeness (QED) is 0.572. The van der Waals surface area contributed by atoms with Crippen LogP contribution in [0.15, 0.2) is 0 Å². The fraction of sp³-hybridized carbons (Fsp3) is 1.00. The molecule has 0 aliphatic heterocycles. The Bertz CT molecular complexity index is 93.5. The van der Waals surface area contributed by atoms with Crippen LogP contribution < -0.4 is 0 Å². The lowest BCUT2D eigenvalue weighted by Gasteiger charge is -2.21. The molecule has 0 N–H and O–H groups in total. The van der Waals surface area contributed by atoms with E-state index in [0.717, 1.165) is 0 Å². The molecule has 0 aromatic carbocycles. The Morgan fingerprint density at radius 3 is 1.60 bits per heavy atom. The van der Waals surface area contributed by atoms with Crippen molar-refractivity contribution >= 4 is 0 Å². The van der Waals surface area contributed by atoms with E-state index in [-0.39, 0.29) is 12.3 Å². The first-order valence-corrected chi connectivity index (χ1v) is 3.46. The summed E-state index contributed by atoms with van der Waals surface area (Å²) in [5.41, 5.74) is 0. The number of alkyl halides is 3. The van der Waals surface area contributed by atoms with Crippen molar-refractivity contribution in [3.05, 3.63) is 0 Å². The fourth-order valence-electron chi connectivity index (χ4n) is 1.08. The maximum atomic E-state index is 12.0. The van der Waals surface area contributed by atoms with Gasteiger partial charge in [-0.2, -0.15) is 13.2 Å². The second kappa shape index (κ2) is 3.26. The molecule has 0 rings (SSSR count). The predicted molar refractivity (Wildman–Crippen MR) is 34.7 cm³/mol. The number of hydrogen-bond donors (Lipinski definition) is 0. The van der Waals surface area contributed by atoms with E-state index in [1.807, 2.05) is 0 Å². The standard InChI is InChI=1S/C7H13F3/c1-4-6(5(2)3)7(8,9)10/h5-6H,4H2,1-3H3/t6-/m0/s1. The van der Waals surface area contributed by atoms with Gasteiger partial charge in [0.1, 0.15) is 0 Å². The molecule has 0 radical (unpaired) electrons. The van der Waals surface area contributed by atoms with Crippen molar-refractivity contribution in [2.45, 2.75) is 33.4 Å². The summed E-state index contributed by atoms with van der Waals surface area (Å²) >= 11 is 0. The molecule has 0 saturated carbocycles. The number of rotatable bonds is 2. The summed E-state index contributed by atoms with van der Waals surface area (Å²) in [6.45, 7) is 4.77. The smallest absolute Gasteiger partial charge is 0.171 e. The lowest BCUT2D eigenvalue weighted by atomic mass is 9.93.